The summed E-state index contributed by atoms with van der Waals surface area (Å²) in [5.74, 6) is -0.183. The summed E-state index contributed by atoms with van der Waals surface area (Å²) in [4.78, 5) is 2.20. The highest BCUT2D eigenvalue weighted by Gasteiger charge is 2.10. The third kappa shape index (κ3) is 1.98. The molecule has 1 heterocycles. The Balaban J connectivity index is 2.10. The Labute approximate surface area is 76.9 Å². The second kappa shape index (κ2) is 3.75. The smallest absolute Gasteiger partial charge is 0.123 e. The lowest BCUT2D eigenvalue weighted by atomic mass is 10.2. The Morgan fingerprint density at radius 3 is 2.31 bits per heavy atom. The van der Waals surface area contributed by atoms with Gasteiger partial charge in [0.05, 0.1) is 13.2 Å². The summed E-state index contributed by atoms with van der Waals surface area (Å²) in [5.41, 5.74) is 1.07. The van der Waals surface area contributed by atoms with E-state index in [1.54, 1.807) is 12.1 Å². The zero-order valence-electron chi connectivity index (χ0n) is 7.37. The molecular weight excluding hydrogens is 168 g/mol. The third-order valence-corrected chi connectivity index (χ3v) is 2.20. The van der Waals surface area contributed by atoms with Crippen molar-refractivity contribution in [3.8, 4) is 0 Å². The van der Waals surface area contributed by atoms with Gasteiger partial charge in [0.25, 0.3) is 0 Å². The molecule has 0 aromatic heterocycles. The number of hydrogen-bond donors (Lipinski definition) is 0. The summed E-state index contributed by atoms with van der Waals surface area (Å²) in [5, 5.41) is 0. The van der Waals surface area contributed by atoms with Crippen molar-refractivity contribution in [2.24, 2.45) is 0 Å². The number of benzene rings is 1. The van der Waals surface area contributed by atoms with Crippen molar-refractivity contribution >= 4 is 5.69 Å². The van der Waals surface area contributed by atoms with Crippen LogP contribution in [0.2, 0.25) is 0 Å². The van der Waals surface area contributed by atoms with E-state index in [1.807, 2.05) is 0 Å². The van der Waals surface area contributed by atoms with E-state index in [4.69, 9.17) is 4.74 Å². The van der Waals surface area contributed by atoms with E-state index >= 15 is 0 Å². The number of morpholine rings is 1. The molecule has 2 nitrogen and oxygen atoms in total. The molecule has 0 radical (unpaired) electrons. The van der Waals surface area contributed by atoms with Crippen LogP contribution in [-0.2, 0) is 4.74 Å². The van der Waals surface area contributed by atoms with Gasteiger partial charge >= 0.3 is 0 Å². The van der Waals surface area contributed by atoms with Crippen LogP contribution in [0.15, 0.2) is 24.3 Å². The summed E-state index contributed by atoms with van der Waals surface area (Å²) in [6.45, 7) is 3.31. The molecule has 0 amide bonds. The molecule has 2 rings (SSSR count). The molecule has 13 heavy (non-hydrogen) atoms. The maximum absolute atomic E-state index is 12.6. The van der Waals surface area contributed by atoms with Gasteiger partial charge in [0.1, 0.15) is 5.82 Å². The highest BCUT2D eigenvalue weighted by molar-refractivity contribution is 5.46. The van der Waals surface area contributed by atoms with E-state index in [0.29, 0.717) is 0 Å². The van der Waals surface area contributed by atoms with Gasteiger partial charge in [-0.15, -0.1) is 0 Å². The zero-order chi connectivity index (χ0) is 9.10. The largest absolute Gasteiger partial charge is 0.378 e. The van der Waals surface area contributed by atoms with E-state index < -0.39 is 0 Å². The monoisotopic (exact) mass is 180 g/mol. The maximum Gasteiger partial charge on any atom is 0.123 e. The Hall–Kier alpha value is -1.09. The van der Waals surface area contributed by atoms with Gasteiger partial charge in [0.2, 0.25) is 0 Å². The summed E-state index contributed by atoms with van der Waals surface area (Å²) in [7, 11) is 0. The third-order valence-electron chi connectivity index (χ3n) is 2.20. The number of rotatable bonds is 1. The standard InChI is InChI=1S/C10H12FNO/c11-9-1-3-10(4-2-9)12-5-7-13-8-6-12/h1-4H,5-8H2/i11-1. The predicted molar refractivity (Wildman–Crippen MR) is 49.4 cm³/mol. The van der Waals surface area contributed by atoms with Crippen molar-refractivity contribution in [1.29, 1.82) is 0 Å². The Morgan fingerprint density at radius 2 is 1.69 bits per heavy atom. The number of anilines is 1. The molecule has 0 atom stereocenters. The molecule has 1 aromatic carbocycles. The molecule has 1 aromatic rings. The highest BCUT2D eigenvalue weighted by atomic mass is 18.2. The predicted octanol–water partition coefficient (Wildman–Crippen LogP) is 1.66. The van der Waals surface area contributed by atoms with Crippen LogP contribution in [0.1, 0.15) is 0 Å². The lowest BCUT2D eigenvalue weighted by Crippen LogP contribution is -2.36. The maximum atomic E-state index is 12.6. The normalized spacial score (nSPS) is 17.5. The van der Waals surface area contributed by atoms with Gasteiger partial charge in [0, 0.05) is 18.8 Å². The van der Waals surface area contributed by atoms with Crippen LogP contribution in [0.3, 0.4) is 0 Å². The quantitative estimate of drug-likeness (QED) is 0.651. The number of nitrogens with zero attached hydrogens (tertiary/aromatic N) is 1. The summed E-state index contributed by atoms with van der Waals surface area (Å²) in [6, 6.07) is 6.59. The van der Waals surface area contributed by atoms with Crippen LogP contribution in [0.5, 0.6) is 0 Å². The fraction of sp³-hybridized carbons (Fsp3) is 0.400. The van der Waals surface area contributed by atoms with Crippen LogP contribution in [0.25, 0.3) is 0 Å². The van der Waals surface area contributed by atoms with Crippen molar-refractivity contribution in [3.63, 3.8) is 0 Å². The highest BCUT2D eigenvalue weighted by Crippen LogP contribution is 2.15. The Bertz CT molecular complexity index is 267. The minimum Gasteiger partial charge on any atom is -0.378 e. The summed E-state index contributed by atoms with van der Waals surface area (Å²) in [6.07, 6.45) is 0. The lowest BCUT2D eigenvalue weighted by Gasteiger charge is -2.28. The molecule has 0 N–H and O–H groups in total. The second-order valence-electron chi connectivity index (χ2n) is 3.08. The second-order valence-corrected chi connectivity index (χ2v) is 3.08. The van der Waals surface area contributed by atoms with Gasteiger partial charge in [-0.05, 0) is 24.3 Å². The van der Waals surface area contributed by atoms with Gasteiger partial charge in [0.15, 0.2) is 0 Å². The molecular formula is C10H12FNO. The van der Waals surface area contributed by atoms with Crippen molar-refractivity contribution in [2.45, 2.75) is 0 Å². The topological polar surface area (TPSA) is 12.5 Å². The molecule has 0 unspecified atom stereocenters. The van der Waals surface area contributed by atoms with Gasteiger partial charge in [-0.1, -0.05) is 0 Å². The van der Waals surface area contributed by atoms with Gasteiger partial charge < -0.3 is 9.64 Å². The average molecular weight is 180 g/mol. The van der Waals surface area contributed by atoms with Gasteiger partial charge in [-0.25, -0.2) is 4.39 Å². The fourth-order valence-corrected chi connectivity index (χ4v) is 1.47. The summed E-state index contributed by atoms with van der Waals surface area (Å²) < 4.78 is 17.8. The van der Waals surface area contributed by atoms with Crippen LogP contribution < -0.4 is 4.90 Å². The number of halogens is 1. The molecule has 1 fully saturated rings. The minimum absolute atomic E-state index is 0.183. The van der Waals surface area contributed by atoms with Crippen LogP contribution >= 0.6 is 0 Å². The van der Waals surface area contributed by atoms with Crippen molar-refractivity contribution in [3.05, 3.63) is 30.1 Å². The first-order valence-corrected chi connectivity index (χ1v) is 4.44. The molecule has 0 spiro atoms. The first-order valence-electron chi connectivity index (χ1n) is 4.44. The van der Waals surface area contributed by atoms with E-state index in [1.165, 1.54) is 12.1 Å². The fourth-order valence-electron chi connectivity index (χ4n) is 1.47. The first-order chi connectivity index (χ1) is 6.36. The van der Waals surface area contributed by atoms with E-state index in [2.05, 4.69) is 4.90 Å². The van der Waals surface area contributed by atoms with Crippen LogP contribution in [0, 0.1) is 5.82 Å². The number of ether oxygens (including phenoxy) is 1. The van der Waals surface area contributed by atoms with Crippen molar-refractivity contribution < 1.29 is 9.13 Å². The summed E-state index contributed by atoms with van der Waals surface area (Å²) >= 11 is 0. The van der Waals surface area contributed by atoms with E-state index in [-0.39, 0.29) is 5.82 Å². The zero-order valence-corrected chi connectivity index (χ0v) is 7.37. The van der Waals surface area contributed by atoms with Crippen LogP contribution in [-0.4, -0.2) is 26.3 Å². The SMILES string of the molecule is [18F]c1ccc(N2CCOCC2)cc1. The first kappa shape index (κ1) is 8.51. The van der Waals surface area contributed by atoms with Gasteiger partial charge in [-0.2, -0.15) is 0 Å². The van der Waals surface area contributed by atoms with E-state index in [9.17, 15) is 4.39 Å². The molecule has 0 saturated carbocycles. The Kier molecular flexibility index (Phi) is 2.45. The number of hydrogen-bond acceptors (Lipinski definition) is 2. The molecule has 1 saturated heterocycles. The van der Waals surface area contributed by atoms with Crippen molar-refractivity contribution in [2.75, 3.05) is 31.2 Å². The molecule has 0 bridgehead atoms. The van der Waals surface area contributed by atoms with Gasteiger partial charge in [-0.3, -0.25) is 0 Å². The minimum atomic E-state index is -0.183. The molecule has 0 aliphatic carbocycles. The van der Waals surface area contributed by atoms with E-state index in [0.717, 1.165) is 32.0 Å². The molecule has 3 heteroatoms. The van der Waals surface area contributed by atoms with Crippen LogP contribution in [0.4, 0.5) is 10.1 Å². The Morgan fingerprint density at radius 1 is 1.08 bits per heavy atom. The average Bonchev–Trinajstić information content (AvgIpc) is 2.20. The molecule has 1 aliphatic heterocycles. The molecule has 1 aliphatic rings. The van der Waals surface area contributed by atoms with Crippen molar-refractivity contribution in [1.82, 2.24) is 0 Å². The molecule has 70 valence electrons. The lowest BCUT2D eigenvalue weighted by molar-refractivity contribution is 0.122.